The minimum absolute atomic E-state index is 0.0838. The van der Waals surface area contributed by atoms with Crippen molar-refractivity contribution in [2.24, 2.45) is 11.8 Å². The largest absolute Gasteiger partial charge is 0.468 e. The summed E-state index contributed by atoms with van der Waals surface area (Å²) in [4.78, 5) is 26.3. The van der Waals surface area contributed by atoms with Gasteiger partial charge < -0.3 is 10.1 Å². The van der Waals surface area contributed by atoms with Crippen LogP contribution in [-0.4, -0.2) is 43.5 Å². The predicted octanol–water partition coefficient (Wildman–Crippen LogP) is 2.03. The first-order valence-electron chi connectivity index (χ1n) is 8.45. The summed E-state index contributed by atoms with van der Waals surface area (Å²) in [5, 5.41) is 2.88. The van der Waals surface area contributed by atoms with Crippen LogP contribution in [0.2, 0.25) is 0 Å². The number of amides is 1. The van der Waals surface area contributed by atoms with Gasteiger partial charge >= 0.3 is 5.97 Å². The Hall–Kier alpha value is -2.02. The number of halogens is 2. The molecule has 1 N–H and O–H groups in total. The third kappa shape index (κ3) is 3.51. The van der Waals surface area contributed by atoms with Gasteiger partial charge in [-0.15, -0.1) is 0 Å². The number of rotatable bonds is 5. The van der Waals surface area contributed by atoms with Crippen molar-refractivity contribution in [3.63, 3.8) is 0 Å². The van der Waals surface area contributed by atoms with Gasteiger partial charge in [0, 0.05) is 18.2 Å². The molecule has 1 saturated carbocycles. The number of nitrogens with zero attached hydrogens (tertiary/aromatic N) is 1. The van der Waals surface area contributed by atoms with E-state index in [2.05, 4.69) is 5.32 Å². The number of hydrogen-bond donors (Lipinski definition) is 1. The number of carbonyl (C=O) groups excluding carboxylic acids is 2. The van der Waals surface area contributed by atoms with E-state index in [4.69, 9.17) is 4.74 Å². The zero-order valence-electron chi connectivity index (χ0n) is 14.3. The molecule has 0 aromatic heterocycles. The first-order chi connectivity index (χ1) is 11.9. The molecule has 0 unspecified atom stereocenters. The smallest absolute Gasteiger partial charge is 0.323 e. The van der Waals surface area contributed by atoms with Crippen LogP contribution in [0.3, 0.4) is 0 Å². The van der Waals surface area contributed by atoms with Crippen LogP contribution in [-0.2, 0) is 14.3 Å². The lowest BCUT2D eigenvalue weighted by Crippen LogP contribution is -2.37. The normalized spacial score (nSPS) is 26.5. The van der Waals surface area contributed by atoms with Crippen LogP contribution >= 0.6 is 0 Å². The molecule has 1 saturated heterocycles. The van der Waals surface area contributed by atoms with Crippen molar-refractivity contribution in [3.05, 3.63) is 35.4 Å². The Bertz CT molecular complexity index is 678. The molecular formula is C18H22F2N2O3. The highest BCUT2D eigenvalue weighted by molar-refractivity contribution is 5.83. The van der Waals surface area contributed by atoms with E-state index in [1.165, 1.54) is 19.2 Å². The monoisotopic (exact) mass is 352 g/mol. The number of likely N-dealkylation sites (tertiary alicyclic amines) is 1. The lowest BCUT2D eigenvalue weighted by Gasteiger charge is -2.27. The van der Waals surface area contributed by atoms with E-state index in [1.807, 2.05) is 0 Å². The SMILES string of the molecule is COC(=O)[C@@H]1C[C@H](C(=O)NCC2CC2)[C@H](c2cccc(F)c2F)N1C. The fraction of sp³-hybridized carbons (Fsp3) is 0.556. The van der Waals surface area contributed by atoms with Crippen LogP contribution in [0.1, 0.15) is 30.9 Å². The summed E-state index contributed by atoms with van der Waals surface area (Å²) in [6.07, 6.45) is 2.40. The van der Waals surface area contributed by atoms with E-state index >= 15 is 0 Å². The molecule has 136 valence electrons. The molecule has 2 aliphatic rings. The Labute approximate surface area is 145 Å². The van der Waals surface area contributed by atoms with Gasteiger partial charge in [-0.25, -0.2) is 8.78 Å². The summed E-state index contributed by atoms with van der Waals surface area (Å²) in [7, 11) is 2.90. The average Bonchev–Trinajstić information content (AvgIpc) is 3.37. The van der Waals surface area contributed by atoms with Gasteiger partial charge in [0.05, 0.1) is 13.0 Å². The van der Waals surface area contributed by atoms with Gasteiger partial charge in [0.2, 0.25) is 5.91 Å². The number of ether oxygens (including phenoxy) is 1. The molecule has 7 heteroatoms. The molecule has 0 spiro atoms. The Morgan fingerprint density at radius 1 is 1.32 bits per heavy atom. The summed E-state index contributed by atoms with van der Waals surface area (Å²) in [6, 6.07) is 2.51. The maximum absolute atomic E-state index is 14.3. The second kappa shape index (κ2) is 7.07. The van der Waals surface area contributed by atoms with Crippen LogP contribution in [0.4, 0.5) is 8.78 Å². The summed E-state index contributed by atoms with van der Waals surface area (Å²) < 4.78 is 32.8. The number of hydrogen-bond acceptors (Lipinski definition) is 4. The molecule has 1 aliphatic heterocycles. The van der Waals surface area contributed by atoms with Crippen LogP contribution in [0.15, 0.2) is 18.2 Å². The maximum Gasteiger partial charge on any atom is 0.323 e. The number of benzene rings is 1. The van der Waals surface area contributed by atoms with Gasteiger partial charge in [0.25, 0.3) is 0 Å². The molecule has 25 heavy (non-hydrogen) atoms. The van der Waals surface area contributed by atoms with Crippen molar-refractivity contribution >= 4 is 11.9 Å². The van der Waals surface area contributed by atoms with E-state index < -0.39 is 35.6 Å². The molecule has 2 fully saturated rings. The van der Waals surface area contributed by atoms with Gasteiger partial charge in [-0.1, -0.05) is 12.1 Å². The van der Waals surface area contributed by atoms with Crippen LogP contribution in [0, 0.1) is 23.5 Å². The Balaban J connectivity index is 1.89. The Morgan fingerprint density at radius 2 is 2.04 bits per heavy atom. The molecule has 1 heterocycles. The minimum atomic E-state index is -0.982. The predicted molar refractivity (Wildman–Crippen MR) is 86.5 cm³/mol. The van der Waals surface area contributed by atoms with E-state index in [1.54, 1.807) is 11.9 Å². The molecule has 0 radical (unpaired) electrons. The zero-order chi connectivity index (χ0) is 18.1. The molecule has 3 atom stereocenters. The van der Waals surface area contributed by atoms with Gasteiger partial charge in [0.15, 0.2) is 11.6 Å². The zero-order valence-corrected chi connectivity index (χ0v) is 14.3. The maximum atomic E-state index is 14.3. The van der Waals surface area contributed by atoms with Crippen molar-refractivity contribution in [1.29, 1.82) is 0 Å². The minimum Gasteiger partial charge on any atom is -0.468 e. The van der Waals surface area contributed by atoms with E-state index in [-0.39, 0.29) is 17.9 Å². The van der Waals surface area contributed by atoms with Crippen molar-refractivity contribution < 1.29 is 23.1 Å². The number of nitrogens with one attached hydrogen (secondary N) is 1. The highest BCUT2D eigenvalue weighted by atomic mass is 19.2. The highest BCUT2D eigenvalue weighted by Crippen LogP contribution is 2.42. The summed E-state index contributed by atoms with van der Waals surface area (Å²) in [6.45, 7) is 0.584. The fourth-order valence-corrected chi connectivity index (χ4v) is 3.55. The quantitative estimate of drug-likeness (QED) is 0.824. The fourth-order valence-electron chi connectivity index (χ4n) is 3.55. The molecule has 1 amide bonds. The second-order valence-electron chi connectivity index (χ2n) is 6.82. The van der Waals surface area contributed by atoms with Crippen molar-refractivity contribution in [1.82, 2.24) is 10.2 Å². The number of methoxy groups -OCH3 is 1. The van der Waals surface area contributed by atoms with Gasteiger partial charge in [-0.2, -0.15) is 0 Å². The van der Waals surface area contributed by atoms with E-state index in [0.29, 0.717) is 12.5 Å². The molecular weight excluding hydrogens is 330 g/mol. The number of carbonyl (C=O) groups is 2. The van der Waals surface area contributed by atoms with Crippen LogP contribution in [0.25, 0.3) is 0 Å². The molecule has 5 nitrogen and oxygen atoms in total. The molecule has 3 rings (SSSR count). The number of likely N-dealkylation sites (N-methyl/N-ethyl adjacent to an activating group) is 1. The Morgan fingerprint density at radius 3 is 2.68 bits per heavy atom. The molecule has 1 aliphatic carbocycles. The van der Waals surface area contributed by atoms with E-state index in [0.717, 1.165) is 18.9 Å². The third-order valence-electron chi connectivity index (χ3n) is 5.16. The van der Waals surface area contributed by atoms with E-state index in [9.17, 15) is 18.4 Å². The second-order valence-corrected chi connectivity index (χ2v) is 6.82. The van der Waals surface area contributed by atoms with Crippen LogP contribution in [0.5, 0.6) is 0 Å². The lowest BCUT2D eigenvalue weighted by molar-refractivity contribution is -0.145. The van der Waals surface area contributed by atoms with Crippen molar-refractivity contribution in [2.75, 3.05) is 20.7 Å². The summed E-state index contributed by atoms with van der Waals surface area (Å²) >= 11 is 0. The highest BCUT2D eigenvalue weighted by Gasteiger charge is 2.48. The summed E-state index contributed by atoms with van der Waals surface area (Å²) in [5.74, 6) is -2.82. The topological polar surface area (TPSA) is 58.6 Å². The third-order valence-corrected chi connectivity index (χ3v) is 5.16. The first-order valence-corrected chi connectivity index (χ1v) is 8.45. The number of esters is 1. The van der Waals surface area contributed by atoms with Gasteiger partial charge in [0.1, 0.15) is 6.04 Å². The van der Waals surface area contributed by atoms with Crippen molar-refractivity contribution in [3.8, 4) is 0 Å². The van der Waals surface area contributed by atoms with Crippen LogP contribution < -0.4 is 5.32 Å². The average molecular weight is 352 g/mol. The first kappa shape index (κ1) is 17.8. The molecule has 1 aromatic rings. The van der Waals surface area contributed by atoms with Crippen molar-refractivity contribution in [2.45, 2.75) is 31.3 Å². The summed E-state index contributed by atoms with van der Waals surface area (Å²) in [5.41, 5.74) is 0.0838. The van der Waals surface area contributed by atoms with Gasteiger partial charge in [-0.05, 0) is 38.3 Å². The lowest BCUT2D eigenvalue weighted by atomic mass is 9.91. The standard InChI is InChI=1S/C18H22F2N2O3/c1-22-14(18(24)25-2)8-12(17(23)21-9-10-6-7-10)16(22)11-4-3-5-13(19)15(11)20/h3-5,10,12,14,16H,6-9H2,1-2H3,(H,21,23)/t12-,14-,16-/m0/s1. The van der Waals surface area contributed by atoms with Gasteiger partial charge in [-0.3, -0.25) is 14.5 Å². The molecule has 0 bridgehead atoms. The Kier molecular flexibility index (Phi) is 5.03. The molecule has 1 aromatic carbocycles.